The molecule has 3 aromatic rings. The smallest absolute Gasteiger partial charge is 0.413 e. The van der Waals surface area contributed by atoms with Crippen molar-refractivity contribution in [2.45, 2.75) is 44.6 Å². The van der Waals surface area contributed by atoms with Gasteiger partial charge in [0.25, 0.3) is 0 Å². The van der Waals surface area contributed by atoms with Crippen LogP contribution in [0.1, 0.15) is 48.1 Å². The van der Waals surface area contributed by atoms with Crippen LogP contribution in [0.4, 0.5) is 9.93 Å². The number of rotatable bonds is 10. The minimum Gasteiger partial charge on any atom is -0.481 e. The van der Waals surface area contributed by atoms with E-state index in [4.69, 9.17) is 9.84 Å². The number of aromatic nitrogens is 1. The largest absolute Gasteiger partial charge is 0.481 e. The number of benzene rings is 2. The zero-order valence-corrected chi connectivity index (χ0v) is 20.1. The highest BCUT2D eigenvalue weighted by molar-refractivity contribution is 7.15. The molecule has 3 N–H and O–H groups in total. The maximum absolute atomic E-state index is 12.4. The predicted molar refractivity (Wildman–Crippen MR) is 134 cm³/mol. The third-order valence-electron chi connectivity index (χ3n) is 5.98. The van der Waals surface area contributed by atoms with Crippen LogP contribution >= 0.6 is 11.3 Å². The number of nitrogens with zero attached hydrogens (tertiary/aromatic N) is 1. The third kappa shape index (κ3) is 6.05. The number of aryl methyl sites for hydroxylation is 1. The van der Waals surface area contributed by atoms with Gasteiger partial charge in [0.1, 0.15) is 6.61 Å². The molecule has 1 aromatic heterocycles. The molecule has 0 radical (unpaired) electrons. The Labute approximate surface area is 207 Å². The van der Waals surface area contributed by atoms with Crippen molar-refractivity contribution in [1.29, 1.82) is 0 Å². The summed E-state index contributed by atoms with van der Waals surface area (Å²) in [6, 6.07) is 15.9. The summed E-state index contributed by atoms with van der Waals surface area (Å²) in [7, 11) is 0. The van der Waals surface area contributed by atoms with Crippen LogP contribution < -0.4 is 10.6 Å². The molecule has 35 heavy (non-hydrogen) atoms. The minimum atomic E-state index is -0.941. The van der Waals surface area contributed by atoms with E-state index >= 15 is 0 Å². The molecule has 1 aliphatic rings. The Morgan fingerprint density at radius 2 is 1.74 bits per heavy atom. The molecule has 182 valence electrons. The molecule has 1 atom stereocenters. The number of aliphatic carboxylic acids is 1. The Kier molecular flexibility index (Phi) is 7.77. The highest BCUT2D eigenvalue weighted by Gasteiger charge is 2.29. The van der Waals surface area contributed by atoms with Crippen LogP contribution in [0.5, 0.6) is 0 Å². The van der Waals surface area contributed by atoms with Crippen LogP contribution in [0, 0.1) is 0 Å². The van der Waals surface area contributed by atoms with Crippen molar-refractivity contribution in [3.8, 4) is 11.1 Å². The van der Waals surface area contributed by atoms with E-state index in [1.165, 1.54) is 22.5 Å². The second-order valence-corrected chi connectivity index (χ2v) is 9.47. The van der Waals surface area contributed by atoms with Crippen molar-refractivity contribution in [2.75, 3.05) is 11.9 Å². The normalized spacial score (nSPS) is 12.9. The second kappa shape index (κ2) is 11.1. The average Bonchev–Trinajstić information content (AvgIpc) is 3.42. The van der Waals surface area contributed by atoms with E-state index in [-0.39, 0.29) is 37.3 Å². The molecule has 2 amide bonds. The fourth-order valence-electron chi connectivity index (χ4n) is 4.25. The van der Waals surface area contributed by atoms with Crippen molar-refractivity contribution < 1.29 is 24.2 Å². The van der Waals surface area contributed by atoms with Crippen LogP contribution in [0.15, 0.2) is 54.7 Å². The molecule has 4 rings (SSSR count). The van der Waals surface area contributed by atoms with E-state index in [9.17, 15) is 14.4 Å². The lowest BCUT2D eigenvalue weighted by atomic mass is 9.98. The second-order valence-electron chi connectivity index (χ2n) is 8.35. The van der Waals surface area contributed by atoms with Gasteiger partial charge in [-0.3, -0.25) is 14.9 Å². The van der Waals surface area contributed by atoms with Gasteiger partial charge in [0.2, 0.25) is 5.91 Å². The van der Waals surface area contributed by atoms with E-state index in [1.54, 1.807) is 6.20 Å². The van der Waals surface area contributed by atoms with E-state index in [0.717, 1.165) is 16.0 Å². The first-order valence-electron chi connectivity index (χ1n) is 11.5. The Balaban J connectivity index is 1.27. The number of fused-ring (bicyclic) bond motifs is 3. The summed E-state index contributed by atoms with van der Waals surface area (Å²) < 4.78 is 5.54. The van der Waals surface area contributed by atoms with Gasteiger partial charge in [0.05, 0.1) is 6.42 Å². The number of carboxylic acid groups (broad SMARTS) is 1. The van der Waals surface area contributed by atoms with Crippen molar-refractivity contribution in [3.63, 3.8) is 0 Å². The molecule has 0 saturated heterocycles. The Morgan fingerprint density at radius 3 is 2.37 bits per heavy atom. The van der Waals surface area contributed by atoms with Crippen molar-refractivity contribution >= 4 is 34.4 Å². The molecule has 0 aliphatic heterocycles. The SMILES string of the molecule is CC[C@@H](CC(=O)O)NC(=O)CCc1cnc(NC(=O)OCC2c3ccccc3-c3ccccc32)s1. The number of carbonyl (C=O) groups excluding carboxylic acids is 2. The highest BCUT2D eigenvalue weighted by atomic mass is 32.1. The summed E-state index contributed by atoms with van der Waals surface area (Å²) in [5.74, 6) is -1.17. The molecule has 2 aromatic carbocycles. The number of thiazole rings is 1. The maximum atomic E-state index is 12.4. The van der Waals surface area contributed by atoms with Gasteiger partial charge in [0, 0.05) is 29.5 Å². The monoisotopic (exact) mass is 493 g/mol. The Bertz CT molecular complexity index is 1180. The van der Waals surface area contributed by atoms with E-state index < -0.39 is 12.1 Å². The minimum absolute atomic E-state index is 0.0217. The fourth-order valence-corrected chi connectivity index (χ4v) is 5.05. The molecular weight excluding hydrogens is 466 g/mol. The Morgan fingerprint density at radius 1 is 1.09 bits per heavy atom. The van der Waals surface area contributed by atoms with Gasteiger partial charge in [-0.1, -0.05) is 55.5 Å². The lowest BCUT2D eigenvalue weighted by molar-refractivity contribution is -0.137. The van der Waals surface area contributed by atoms with Gasteiger partial charge < -0.3 is 15.2 Å². The number of amides is 2. The predicted octanol–water partition coefficient (Wildman–Crippen LogP) is 4.81. The first-order valence-corrected chi connectivity index (χ1v) is 12.3. The summed E-state index contributed by atoms with van der Waals surface area (Å²) in [6.45, 7) is 2.05. The molecule has 0 saturated carbocycles. The average molecular weight is 494 g/mol. The highest BCUT2D eigenvalue weighted by Crippen LogP contribution is 2.44. The van der Waals surface area contributed by atoms with E-state index in [0.29, 0.717) is 18.0 Å². The number of nitrogens with one attached hydrogen (secondary N) is 2. The standard InChI is InChI=1S/C26H27N3O5S/c1-2-16(13-24(31)32)28-23(30)12-11-17-14-27-25(35-17)29-26(33)34-15-22-20-9-5-3-7-18(20)19-8-4-6-10-21(19)22/h3-10,14,16,22H,2,11-13,15H2,1H3,(H,28,30)(H,31,32)(H,27,29,33)/t16-/m0/s1. The summed E-state index contributed by atoms with van der Waals surface area (Å²) in [5, 5.41) is 14.7. The summed E-state index contributed by atoms with van der Waals surface area (Å²) in [4.78, 5) is 40.4. The van der Waals surface area contributed by atoms with Crippen LogP contribution in [0.2, 0.25) is 0 Å². The fraction of sp³-hybridized carbons (Fsp3) is 0.308. The van der Waals surface area contributed by atoms with Gasteiger partial charge >= 0.3 is 12.1 Å². The van der Waals surface area contributed by atoms with Gasteiger partial charge in [-0.05, 0) is 35.1 Å². The van der Waals surface area contributed by atoms with Gasteiger partial charge in [0.15, 0.2) is 5.13 Å². The molecule has 9 heteroatoms. The molecule has 0 spiro atoms. The first kappa shape index (κ1) is 24.4. The number of ether oxygens (including phenoxy) is 1. The molecule has 1 aliphatic carbocycles. The van der Waals surface area contributed by atoms with Crippen LogP contribution in [0.3, 0.4) is 0 Å². The molecule has 8 nitrogen and oxygen atoms in total. The molecule has 1 heterocycles. The quantitative estimate of drug-likeness (QED) is 0.373. The van der Waals surface area contributed by atoms with Crippen LogP contribution in [-0.4, -0.2) is 40.7 Å². The molecule has 0 fully saturated rings. The number of hydrogen-bond acceptors (Lipinski definition) is 6. The summed E-state index contributed by atoms with van der Waals surface area (Å²) in [5.41, 5.74) is 4.62. The van der Waals surface area contributed by atoms with Crippen molar-refractivity contribution in [2.24, 2.45) is 0 Å². The number of carbonyl (C=O) groups is 3. The maximum Gasteiger partial charge on any atom is 0.413 e. The zero-order valence-electron chi connectivity index (χ0n) is 19.3. The molecular formula is C26H27N3O5S. The Hall–Kier alpha value is -3.72. The number of carboxylic acids is 1. The van der Waals surface area contributed by atoms with Gasteiger partial charge in [-0.15, -0.1) is 11.3 Å². The van der Waals surface area contributed by atoms with Crippen LogP contribution in [0.25, 0.3) is 11.1 Å². The van der Waals surface area contributed by atoms with Gasteiger partial charge in [-0.2, -0.15) is 0 Å². The lowest BCUT2D eigenvalue weighted by Crippen LogP contribution is -2.36. The summed E-state index contributed by atoms with van der Waals surface area (Å²) in [6.07, 6.45) is 2.14. The number of hydrogen-bond donors (Lipinski definition) is 3. The van der Waals surface area contributed by atoms with Crippen molar-refractivity contribution in [3.05, 3.63) is 70.7 Å². The molecule has 0 bridgehead atoms. The molecule has 0 unspecified atom stereocenters. The van der Waals surface area contributed by atoms with Crippen molar-refractivity contribution in [1.82, 2.24) is 10.3 Å². The zero-order chi connectivity index (χ0) is 24.8. The van der Waals surface area contributed by atoms with E-state index in [1.807, 2.05) is 31.2 Å². The van der Waals surface area contributed by atoms with E-state index in [2.05, 4.69) is 39.9 Å². The van der Waals surface area contributed by atoms with Crippen LogP contribution in [-0.2, 0) is 20.7 Å². The van der Waals surface area contributed by atoms with Gasteiger partial charge in [-0.25, -0.2) is 9.78 Å². The lowest BCUT2D eigenvalue weighted by Gasteiger charge is -2.14. The third-order valence-corrected chi connectivity index (χ3v) is 6.96. The summed E-state index contributed by atoms with van der Waals surface area (Å²) >= 11 is 1.28. The number of anilines is 1. The topological polar surface area (TPSA) is 118 Å². The first-order chi connectivity index (χ1) is 16.9.